The number of methoxy groups -OCH3 is 1. The summed E-state index contributed by atoms with van der Waals surface area (Å²) < 4.78 is 15.5. The van der Waals surface area contributed by atoms with Crippen molar-refractivity contribution in [3.05, 3.63) is 42.0 Å². The zero-order valence-corrected chi connectivity index (χ0v) is 12.1. The maximum absolute atomic E-state index is 11.1. The van der Waals surface area contributed by atoms with E-state index in [0.29, 0.717) is 26.2 Å². The standard InChI is InChI=1S/C16H22O4/c1-3-6-16(17)20-12-5-4-11-19-13-14-7-9-15(18-2)10-8-14/h4-5,7-10H,3,6,11-13H2,1-2H3. The first-order chi connectivity index (χ1) is 9.76. The number of carbonyl (C=O) groups is 1. The Kier molecular flexibility index (Phi) is 8.15. The summed E-state index contributed by atoms with van der Waals surface area (Å²) in [5.41, 5.74) is 1.09. The Hall–Kier alpha value is -1.81. The lowest BCUT2D eigenvalue weighted by molar-refractivity contribution is -0.142. The second-order valence-electron chi connectivity index (χ2n) is 4.27. The molecule has 0 aromatic heterocycles. The Morgan fingerprint density at radius 1 is 1.15 bits per heavy atom. The molecule has 0 amide bonds. The minimum Gasteiger partial charge on any atom is -0.497 e. The molecule has 0 radical (unpaired) electrons. The molecule has 0 bridgehead atoms. The lowest BCUT2D eigenvalue weighted by Gasteiger charge is -2.03. The third-order valence-electron chi connectivity index (χ3n) is 2.60. The average Bonchev–Trinajstić information content (AvgIpc) is 2.47. The second-order valence-corrected chi connectivity index (χ2v) is 4.27. The second kappa shape index (κ2) is 10.0. The first-order valence-electron chi connectivity index (χ1n) is 6.77. The molecule has 0 saturated carbocycles. The highest BCUT2D eigenvalue weighted by Gasteiger charge is 1.97. The van der Waals surface area contributed by atoms with E-state index < -0.39 is 0 Å². The molecule has 0 aliphatic rings. The highest BCUT2D eigenvalue weighted by atomic mass is 16.5. The Morgan fingerprint density at radius 2 is 1.85 bits per heavy atom. The van der Waals surface area contributed by atoms with E-state index >= 15 is 0 Å². The molecular weight excluding hydrogens is 256 g/mol. The Balaban J connectivity index is 2.10. The number of ether oxygens (including phenoxy) is 3. The van der Waals surface area contributed by atoms with Gasteiger partial charge < -0.3 is 14.2 Å². The van der Waals surface area contributed by atoms with Gasteiger partial charge in [-0.3, -0.25) is 4.79 Å². The molecule has 0 heterocycles. The highest BCUT2D eigenvalue weighted by molar-refractivity contribution is 5.69. The molecule has 1 aromatic carbocycles. The monoisotopic (exact) mass is 278 g/mol. The van der Waals surface area contributed by atoms with Crippen LogP contribution in [0.15, 0.2) is 36.4 Å². The number of rotatable bonds is 9. The minimum absolute atomic E-state index is 0.156. The van der Waals surface area contributed by atoms with Crippen molar-refractivity contribution in [2.75, 3.05) is 20.3 Å². The van der Waals surface area contributed by atoms with Gasteiger partial charge in [0.2, 0.25) is 0 Å². The van der Waals surface area contributed by atoms with Crippen molar-refractivity contribution in [2.24, 2.45) is 0 Å². The molecule has 110 valence electrons. The predicted molar refractivity (Wildman–Crippen MR) is 77.7 cm³/mol. The summed E-state index contributed by atoms with van der Waals surface area (Å²) >= 11 is 0. The van der Waals surface area contributed by atoms with Gasteiger partial charge in [-0.05, 0) is 30.2 Å². The SMILES string of the molecule is CCCC(=O)OCC=CCOCc1ccc(OC)cc1. The smallest absolute Gasteiger partial charge is 0.306 e. The summed E-state index contributed by atoms with van der Waals surface area (Å²) in [6.07, 6.45) is 4.93. The van der Waals surface area contributed by atoms with Crippen LogP contribution >= 0.6 is 0 Å². The summed E-state index contributed by atoms with van der Waals surface area (Å²) in [5.74, 6) is 0.679. The summed E-state index contributed by atoms with van der Waals surface area (Å²) in [7, 11) is 1.64. The zero-order chi connectivity index (χ0) is 14.6. The maximum atomic E-state index is 11.1. The van der Waals surface area contributed by atoms with Crippen molar-refractivity contribution in [1.29, 1.82) is 0 Å². The molecule has 0 fully saturated rings. The van der Waals surface area contributed by atoms with E-state index in [9.17, 15) is 4.79 Å². The van der Waals surface area contributed by atoms with Crippen molar-refractivity contribution >= 4 is 5.97 Å². The van der Waals surface area contributed by atoms with E-state index in [-0.39, 0.29) is 5.97 Å². The van der Waals surface area contributed by atoms with Crippen LogP contribution in [0.5, 0.6) is 5.75 Å². The van der Waals surface area contributed by atoms with E-state index in [1.165, 1.54) is 0 Å². The van der Waals surface area contributed by atoms with E-state index in [4.69, 9.17) is 14.2 Å². The van der Waals surface area contributed by atoms with Gasteiger partial charge in [-0.1, -0.05) is 25.1 Å². The first-order valence-corrected chi connectivity index (χ1v) is 6.77. The van der Waals surface area contributed by atoms with Gasteiger partial charge in [0.05, 0.1) is 20.3 Å². The fourth-order valence-corrected chi connectivity index (χ4v) is 1.52. The van der Waals surface area contributed by atoms with Crippen molar-refractivity contribution in [1.82, 2.24) is 0 Å². The number of carbonyl (C=O) groups excluding carboxylic acids is 1. The Morgan fingerprint density at radius 3 is 2.50 bits per heavy atom. The van der Waals surface area contributed by atoms with Gasteiger partial charge >= 0.3 is 5.97 Å². The van der Waals surface area contributed by atoms with Crippen LogP contribution in [-0.2, 0) is 20.9 Å². The van der Waals surface area contributed by atoms with Crippen LogP contribution in [0, 0.1) is 0 Å². The molecule has 20 heavy (non-hydrogen) atoms. The molecule has 1 aromatic rings. The third-order valence-corrected chi connectivity index (χ3v) is 2.60. The highest BCUT2D eigenvalue weighted by Crippen LogP contribution is 2.11. The number of esters is 1. The van der Waals surface area contributed by atoms with Gasteiger partial charge in [0, 0.05) is 6.42 Å². The number of hydrogen-bond donors (Lipinski definition) is 0. The molecule has 0 aliphatic heterocycles. The van der Waals surface area contributed by atoms with E-state index in [1.807, 2.05) is 37.3 Å². The summed E-state index contributed by atoms with van der Waals surface area (Å²) in [4.78, 5) is 11.1. The van der Waals surface area contributed by atoms with Gasteiger partial charge in [-0.25, -0.2) is 0 Å². The zero-order valence-electron chi connectivity index (χ0n) is 12.1. The fourth-order valence-electron chi connectivity index (χ4n) is 1.52. The van der Waals surface area contributed by atoms with Gasteiger partial charge in [0.15, 0.2) is 0 Å². The predicted octanol–water partition coefficient (Wildman–Crippen LogP) is 3.11. The van der Waals surface area contributed by atoms with E-state index in [0.717, 1.165) is 17.7 Å². The van der Waals surface area contributed by atoms with Gasteiger partial charge in [-0.15, -0.1) is 0 Å². The summed E-state index contributed by atoms with van der Waals surface area (Å²) in [6, 6.07) is 7.74. The number of benzene rings is 1. The molecule has 4 nitrogen and oxygen atoms in total. The van der Waals surface area contributed by atoms with Crippen molar-refractivity contribution in [3.63, 3.8) is 0 Å². The number of hydrogen-bond acceptors (Lipinski definition) is 4. The Bertz CT molecular complexity index is 409. The van der Waals surface area contributed by atoms with Crippen LogP contribution in [0.4, 0.5) is 0 Å². The topological polar surface area (TPSA) is 44.8 Å². The van der Waals surface area contributed by atoms with Gasteiger partial charge in [0.25, 0.3) is 0 Å². The molecule has 0 spiro atoms. The molecule has 0 N–H and O–H groups in total. The van der Waals surface area contributed by atoms with Crippen LogP contribution < -0.4 is 4.74 Å². The maximum Gasteiger partial charge on any atom is 0.306 e. The van der Waals surface area contributed by atoms with Crippen LogP contribution in [-0.4, -0.2) is 26.3 Å². The van der Waals surface area contributed by atoms with Gasteiger partial charge in [-0.2, -0.15) is 0 Å². The molecule has 0 aliphatic carbocycles. The molecule has 0 saturated heterocycles. The Labute approximate surface area is 120 Å². The normalized spacial score (nSPS) is 10.7. The fraction of sp³-hybridized carbons (Fsp3) is 0.438. The molecule has 0 atom stereocenters. The average molecular weight is 278 g/mol. The summed E-state index contributed by atoms with van der Waals surface area (Å²) in [5, 5.41) is 0. The summed E-state index contributed by atoms with van der Waals surface area (Å²) in [6.45, 7) is 3.30. The minimum atomic E-state index is -0.156. The molecule has 1 rings (SSSR count). The first kappa shape index (κ1) is 16.2. The lowest BCUT2D eigenvalue weighted by Crippen LogP contribution is -2.03. The molecule has 0 unspecified atom stereocenters. The largest absolute Gasteiger partial charge is 0.497 e. The van der Waals surface area contributed by atoms with Crippen LogP contribution in [0.25, 0.3) is 0 Å². The van der Waals surface area contributed by atoms with Crippen molar-refractivity contribution < 1.29 is 19.0 Å². The van der Waals surface area contributed by atoms with Crippen molar-refractivity contribution in [3.8, 4) is 5.75 Å². The van der Waals surface area contributed by atoms with Crippen molar-refractivity contribution in [2.45, 2.75) is 26.4 Å². The van der Waals surface area contributed by atoms with E-state index in [1.54, 1.807) is 13.2 Å². The molecular formula is C16H22O4. The van der Waals surface area contributed by atoms with Crippen LogP contribution in [0.3, 0.4) is 0 Å². The third kappa shape index (κ3) is 6.95. The van der Waals surface area contributed by atoms with Crippen LogP contribution in [0.1, 0.15) is 25.3 Å². The molecule has 4 heteroatoms. The lowest BCUT2D eigenvalue weighted by atomic mass is 10.2. The van der Waals surface area contributed by atoms with Gasteiger partial charge in [0.1, 0.15) is 12.4 Å². The van der Waals surface area contributed by atoms with Crippen LogP contribution in [0.2, 0.25) is 0 Å². The van der Waals surface area contributed by atoms with E-state index in [2.05, 4.69) is 0 Å². The quantitative estimate of drug-likeness (QED) is 0.395.